The normalized spacial score (nSPS) is 25.9. The van der Waals surface area contributed by atoms with Crippen LogP contribution in [0.5, 0.6) is 0 Å². The zero-order valence-corrected chi connectivity index (χ0v) is 9.93. The van der Waals surface area contributed by atoms with Gasteiger partial charge in [-0.2, -0.15) is 0 Å². The molecule has 0 spiro atoms. The van der Waals surface area contributed by atoms with Crippen LogP contribution in [0.2, 0.25) is 0 Å². The topological polar surface area (TPSA) is 34.1 Å². The van der Waals surface area contributed by atoms with Crippen LogP contribution >= 0.6 is 11.3 Å². The predicted octanol–water partition coefficient (Wildman–Crippen LogP) is 2.05. The summed E-state index contributed by atoms with van der Waals surface area (Å²) in [6.45, 7) is 5.07. The van der Waals surface area contributed by atoms with E-state index >= 15 is 0 Å². The van der Waals surface area contributed by atoms with Crippen LogP contribution in [-0.4, -0.2) is 24.2 Å². The third-order valence-corrected chi connectivity index (χ3v) is 3.58. The summed E-state index contributed by atoms with van der Waals surface area (Å²) in [5.74, 6) is 0.689. The van der Waals surface area contributed by atoms with Crippen molar-refractivity contribution in [2.24, 2.45) is 5.92 Å². The number of rotatable bonds is 5. The first kappa shape index (κ1) is 11.0. The van der Waals surface area contributed by atoms with Crippen LogP contribution in [-0.2, 0) is 11.3 Å². The summed E-state index contributed by atoms with van der Waals surface area (Å²) in [5.41, 5.74) is 3.02. The maximum absolute atomic E-state index is 5.65. The molecule has 0 amide bonds. The minimum atomic E-state index is 0.466. The third-order valence-electron chi connectivity index (χ3n) is 2.94. The number of thiazole rings is 1. The smallest absolute Gasteiger partial charge is 0.0795 e. The third kappa shape index (κ3) is 3.00. The molecule has 1 aromatic heterocycles. The highest BCUT2D eigenvalue weighted by Crippen LogP contribution is 2.22. The lowest BCUT2D eigenvalue weighted by atomic mass is 10.00. The van der Waals surface area contributed by atoms with Gasteiger partial charge in [0.2, 0.25) is 0 Å². The van der Waals surface area contributed by atoms with Crippen molar-refractivity contribution in [1.29, 1.82) is 0 Å². The molecule has 0 radical (unpaired) electrons. The summed E-state index contributed by atoms with van der Waals surface area (Å²) in [6, 6.07) is 0. The molecule has 0 aromatic carbocycles. The molecule has 0 saturated carbocycles. The van der Waals surface area contributed by atoms with Crippen LogP contribution in [0.15, 0.2) is 10.9 Å². The molecule has 1 N–H and O–H groups in total. The van der Waals surface area contributed by atoms with Gasteiger partial charge in [-0.1, -0.05) is 6.92 Å². The second-order valence-electron chi connectivity index (χ2n) is 3.98. The van der Waals surface area contributed by atoms with Gasteiger partial charge in [-0.15, -0.1) is 11.3 Å². The van der Waals surface area contributed by atoms with E-state index in [9.17, 15) is 0 Å². The Balaban J connectivity index is 1.69. The lowest BCUT2D eigenvalue weighted by Crippen LogP contribution is -2.28. The van der Waals surface area contributed by atoms with E-state index in [1.54, 1.807) is 11.3 Å². The summed E-state index contributed by atoms with van der Waals surface area (Å²) < 4.78 is 5.65. The van der Waals surface area contributed by atoms with Crippen LogP contribution in [0.1, 0.15) is 25.5 Å². The van der Waals surface area contributed by atoms with E-state index in [4.69, 9.17) is 4.74 Å². The molecule has 0 bridgehead atoms. The quantitative estimate of drug-likeness (QED) is 0.834. The fraction of sp³-hybridized carbons (Fsp3) is 0.727. The van der Waals surface area contributed by atoms with E-state index in [2.05, 4.69) is 22.6 Å². The molecular weight excluding hydrogens is 208 g/mol. The monoisotopic (exact) mass is 226 g/mol. The Bertz CT molecular complexity index is 276. The Hall–Kier alpha value is -0.450. The molecule has 1 fully saturated rings. The van der Waals surface area contributed by atoms with Crippen molar-refractivity contribution in [2.45, 2.75) is 32.4 Å². The average Bonchev–Trinajstić information content (AvgIpc) is 2.88. The number of hydrogen-bond donors (Lipinski definition) is 1. The summed E-state index contributed by atoms with van der Waals surface area (Å²) in [4.78, 5) is 4.24. The fourth-order valence-corrected chi connectivity index (χ4v) is 2.65. The summed E-state index contributed by atoms with van der Waals surface area (Å²) in [6.07, 6.45) is 2.79. The average molecular weight is 226 g/mol. The highest BCUT2D eigenvalue weighted by molar-refractivity contribution is 7.07. The number of nitrogens with one attached hydrogen (secondary N) is 1. The zero-order valence-electron chi connectivity index (χ0n) is 9.11. The second-order valence-corrected chi connectivity index (χ2v) is 4.70. The van der Waals surface area contributed by atoms with Crippen molar-refractivity contribution in [1.82, 2.24) is 10.3 Å². The van der Waals surface area contributed by atoms with Crippen molar-refractivity contribution in [3.8, 4) is 0 Å². The van der Waals surface area contributed by atoms with Crippen molar-refractivity contribution in [3.05, 3.63) is 16.6 Å². The van der Waals surface area contributed by atoms with Gasteiger partial charge in [-0.25, -0.2) is 4.98 Å². The van der Waals surface area contributed by atoms with E-state index in [0.717, 1.165) is 31.8 Å². The van der Waals surface area contributed by atoms with E-state index in [1.807, 2.05) is 5.51 Å². The Morgan fingerprint density at radius 1 is 1.67 bits per heavy atom. The minimum Gasteiger partial charge on any atom is -0.378 e. The van der Waals surface area contributed by atoms with Crippen LogP contribution in [0, 0.1) is 5.92 Å². The van der Waals surface area contributed by atoms with Gasteiger partial charge in [0, 0.05) is 25.1 Å². The van der Waals surface area contributed by atoms with Crippen molar-refractivity contribution >= 4 is 11.3 Å². The first-order chi connectivity index (χ1) is 7.40. The SMILES string of the molecule is CCC1OCCC1CNCc1cscn1. The molecule has 2 rings (SSSR count). The largest absolute Gasteiger partial charge is 0.378 e. The molecule has 0 aliphatic carbocycles. The Labute approximate surface area is 94.9 Å². The molecule has 4 heteroatoms. The Kier molecular flexibility index (Phi) is 4.11. The van der Waals surface area contributed by atoms with E-state index in [-0.39, 0.29) is 0 Å². The Morgan fingerprint density at radius 3 is 3.33 bits per heavy atom. The van der Waals surface area contributed by atoms with Crippen LogP contribution in [0.25, 0.3) is 0 Å². The zero-order chi connectivity index (χ0) is 10.5. The molecule has 84 valence electrons. The molecule has 2 heterocycles. The molecule has 2 unspecified atom stereocenters. The first-order valence-corrected chi connectivity index (χ1v) is 6.53. The van der Waals surface area contributed by atoms with Gasteiger partial charge in [0.25, 0.3) is 0 Å². The van der Waals surface area contributed by atoms with Gasteiger partial charge in [-0.05, 0) is 18.8 Å². The molecular formula is C11H18N2OS. The Morgan fingerprint density at radius 2 is 2.60 bits per heavy atom. The summed E-state index contributed by atoms with van der Waals surface area (Å²) >= 11 is 1.65. The predicted molar refractivity (Wildman–Crippen MR) is 62.0 cm³/mol. The van der Waals surface area contributed by atoms with E-state index < -0.39 is 0 Å². The second kappa shape index (κ2) is 5.58. The van der Waals surface area contributed by atoms with Gasteiger partial charge < -0.3 is 10.1 Å². The molecule has 3 nitrogen and oxygen atoms in total. The van der Waals surface area contributed by atoms with Crippen LogP contribution in [0.4, 0.5) is 0 Å². The molecule has 1 saturated heterocycles. The van der Waals surface area contributed by atoms with Gasteiger partial charge in [0.1, 0.15) is 0 Å². The number of ether oxygens (including phenoxy) is 1. The molecule has 1 aliphatic heterocycles. The van der Waals surface area contributed by atoms with Crippen LogP contribution < -0.4 is 5.32 Å². The summed E-state index contributed by atoms with van der Waals surface area (Å²) in [7, 11) is 0. The highest BCUT2D eigenvalue weighted by Gasteiger charge is 2.25. The lowest BCUT2D eigenvalue weighted by Gasteiger charge is -2.16. The van der Waals surface area contributed by atoms with Crippen molar-refractivity contribution in [3.63, 3.8) is 0 Å². The fourth-order valence-electron chi connectivity index (χ4n) is 2.09. The van der Waals surface area contributed by atoms with Gasteiger partial charge in [0.15, 0.2) is 0 Å². The molecule has 1 aliphatic rings. The highest BCUT2D eigenvalue weighted by atomic mass is 32.1. The van der Waals surface area contributed by atoms with Gasteiger partial charge in [0.05, 0.1) is 17.3 Å². The van der Waals surface area contributed by atoms with Gasteiger partial charge in [-0.3, -0.25) is 0 Å². The van der Waals surface area contributed by atoms with Crippen molar-refractivity contribution in [2.75, 3.05) is 13.2 Å². The summed E-state index contributed by atoms with van der Waals surface area (Å²) in [5, 5.41) is 5.55. The van der Waals surface area contributed by atoms with E-state index in [1.165, 1.54) is 6.42 Å². The lowest BCUT2D eigenvalue weighted by molar-refractivity contribution is 0.0872. The number of hydrogen-bond acceptors (Lipinski definition) is 4. The minimum absolute atomic E-state index is 0.466. The van der Waals surface area contributed by atoms with Crippen molar-refractivity contribution < 1.29 is 4.74 Å². The van der Waals surface area contributed by atoms with Gasteiger partial charge >= 0.3 is 0 Å². The standard InChI is InChI=1S/C11H18N2OS/c1-2-11-9(3-4-14-11)5-12-6-10-7-15-8-13-10/h7-9,11-12H,2-6H2,1H3. The van der Waals surface area contributed by atoms with E-state index in [0.29, 0.717) is 12.0 Å². The molecule has 15 heavy (non-hydrogen) atoms. The maximum Gasteiger partial charge on any atom is 0.0795 e. The number of aromatic nitrogens is 1. The number of nitrogens with zero attached hydrogens (tertiary/aromatic N) is 1. The first-order valence-electron chi connectivity index (χ1n) is 5.59. The van der Waals surface area contributed by atoms with Crippen LogP contribution in [0.3, 0.4) is 0 Å². The molecule has 1 aromatic rings. The molecule has 2 atom stereocenters. The maximum atomic E-state index is 5.65.